The third-order valence-corrected chi connectivity index (χ3v) is 2.92. The van der Waals surface area contributed by atoms with E-state index < -0.39 is 7.12 Å². The van der Waals surface area contributed by atoms with Crippen molar-refractivity contribution < 1.29 is 14.8 Å². The third kappa shape index (κ3) is 4.24. The highest BCUT2D eigenvalue weighted by Crippen LogP contribution is 2.21. The molecule has 4 nitrogen and oxygen atoms in total. The summed E-state index contributed by atoms with van der Waals surface area (Å²) in [5.41, 5.74) is 1.91. The van der Waals surface area contributed by atoms with Gasteiger partial charge in [0.05, 0.1) is 0 Å². The molecule has 98 valence electrons. The Labute approximate surface area is 108 Å². The summed E-state index contributed by atoms with van der Waals surface area (Å²) in [5.74, 6) is 0. The highest BCUT2D eigenvalue weighted by atomic mass is 16.4. The maximum atomic E-state index is 11.2. The minimum atomic E-state index is -1.54. The standard InChI is InChI=1S/C13H21BNO3/c1-13(2,3)8-7-10-5-6-11(15(4)18)9-12(10)14(16)17/h5-6,9,16-17H,7-8H2,1-4H3/q+1. The Balaban J connectivity index is 3.01. The first-order valence-corrected chi connectivity index (χ1v) is 6.10. The van der Waals surface area contributed by atoms with Crippen LogP contribution in [-0.2, 0) is 6.42 Å². The topological polar surface area (TPSA) is 60.5 Å². The number of benzene rings is 1. The average Bonchev–Trinajstić information content (AvgIpc) is 2.24. The van der Waals surface area contributed by atoms with Gasteiger partial charge in [0.15, 0.2) is 7.05 Å². The van der Waals surface area contributed by atoms with E-state index in [0.29, 0.717) is 15.9 Å². The number of hydrogen-bond acceptors (Lipinski definition) is 3. The normalized spacial score (nSPS) is 11.4. The van der Waals surface area contributed by atoms with Crippen molar-refractivity contribution in [2.45, 2.75) is 33.6 Å². The first-order chi connectivity index (χ1) is 8.20. The molecule has 0 unspecified atom stereocenters. The lowest BCUT2D eigenvalue weighted by Gasteiger charge is -2.19. The molecule has 0 heterocycles. The van der Waals surface area contributed by atoms with Crippen LogP contribution in [-0.4, -0.2) is 29.0 Å². The van der Waals surface area contributed by atoms with E-state index in [4.69, 9.17) is 0 Å². The molecule has 0 aromatic heterocycles. The molecule has 0 fully saturated rings. The van der Waals surface area contributed by atoms with Gasteiger partial charge in [0, 0.05) is 21.8 Å². The second-order valence-corrected chi connectivity index (χ2v) is 5.81. The van der Waals surface area contributed by atoms with E-state index in [2.05, 4.69) is 20.8 Å². The zero-order valence-electron chi connectivity index (χ0n) is 11.5. The lowest BCUT2D eigenvalue weighted by atomic mass is 9.74. The highest BCUT2D eigenvalue weighted by molar-refractivity contribution is 6.59. The summed E-state index contributed by atoms with van der Waals surface area (Å²) in [5, 5.41) is 18.8. The number of nitroso groups, excluding NO2 is 1. The van der Waals surface area contributed by atoms with Gasteiger partial charge in [-0.3, -0.25) is 0 Å². The van der Waals surface area contributed by atoms with Crippen LogP contribution in [0.4, 0.5) is 5.69 Å². The molecular formula is C13H21BNO3+. The van der Waals surface area contributed by atoms with Crippen LogP contribution in [0.5, 0.6) is 0 Å². The lowest BCUT2D eigenvalue weighted by Crippen LogP contribution is -2.33. The van der Waals surface area contributed by atoms with Crippen molar-refractivity contribution in [1.82, 2.24) is 0 Å². The van der Waals surface area contributed by atoms with Gasteiger partial charge in [-0.25, -0.2) is 0 Å². The van der Waals surface area contributed by atoms with Gasteiger partial charge in [-0.05, 0) is 29.3 Å². The van der Waals surface area contributed by atoms with Crippen molar-refractivity contribution in [3.63, 3.8) is 0 Å². The lowest BCUT2D eigenvalue weighted by molar-refractivity contribution is -0.428. The summed E-state index contributed by atoms with van der Waals surface area (Å²) in [7, 11) is -0.155. The minimum absolute atomic E-state index is 0.186. The quantitative estimate of drug-likeness (QED) is 0.627. The van der Waals surface area contributed by atoms with Gasteiger partial charge in [0.25, 0.3) is 5.69 Å². The molecule has 1 aromatic rings. The fourth-order valence-electron chi connectivity index (χ4n) is 1.76. The predicted octanol–water partition coefficient (Wildman–Crippen LogP) is 1.39. The highest BCUT2D eigenvalue weighted by Gasteiger charge is 2.21. The van der Waals surface area contributed by atoms with E-state index in [0.717, 1.165) is 18.4 Å². The molecule has 0 saturated heterocycles. The maximum Gasteiger partial charge on any atom is 0.488 e. The second-order valence-electron chi connectivity index (χ2n) is 5.81. The molecule has 1 aromatic carbocycles. The summed E-state index contributed by atoms with van der Waals surface area (Å²) < 4.78 is 0.708. The van der Waals surface area contributed by atoms with Crippen molar-refractivity contribution in [2.24, 2.45) is 5.41 Å². The van der Waals surface area contributed by atoms with Crippen molar-refractivity contribution in [3.8, 4) is 0 Å². The molecule has 18 heavy (non-hydrogen) atoms. The van der Waals surface area contributed by atoms with Crippen LogP contribution in [0.15, 0.2) is 18.2 Å². The number of aryl methyl sites for hydroxylation is 1. The van der Waals surface area contributed by atoms with Crippen molar-refractivity contribution in [3.05, 3.63) is 28.7 Å². The smallest absolute Gasteiger partial charge is 0.423 e. The molecule has 0 bridgehead atoms. The summed E-state index contributed by atoms with van der Waals surface area (Å²) in [4.78, 5) is 11.2. The molecule has 0 atom stereocenters. The average molecular weight is 250 g/mol. The largest absolute Gasteiger partial charge is 0.488 e. The molecule has 0 radical (unpaired) electrons. The Hall–Kier alpha value is -1.20. The van der Waals surface area contributed by atoms with Crippen LogP contribution in [0.3, 0.4) is 0 Å². The van der Waals surface area contributed by atoms with Crippen LogP contribution < -0.4 is 5.46 Å². The number of rotatable bonds is 4. The minimum Gasteiger partial charge on any atom is -0.423 e. The van der Waals surface area contributed by atoms with Crippen molar-refractivity contribution in [2.75, 3.05) is 7.05 Å². The summed E-state index contributed by atoms with van der Waals surface area (Å²) >= 11 is 0. The molecule has 0 saturated carbocycles. The van der Waals surface area contributed by atoms with Crippen LogP contribution in [0.25, 0.3) is 0 Å². The number of hydrogen-bond donors (Lipinski definition) is 2. The first-order valence-electron chi connectivity index (χ1n) is 6.10. The Bertz CT molecular complexity index is 438. The SMILES string of the molecule is C[N+](=O)c1ccc(CCC(C)(C)C)c(B(O)O)c1. The van der Waals surface area contributed by atoms with Crippen LogP contribution >= 0.6 is 0 Å². The summed E-state index contributed by atoms with van der Waals surface area (Å²) in [6.45, 7) is 6.42. The Morgan fingerprint density at radius 3 is 2.33 bits per heavy atom. The van der Waals surface area contributed by atoms with Gasteiger partial charge in [-0.15, -0.1) is 0 Å². The summed E-state index contributed by atoms with van der Waals surface area (Å²) in [6.07, 6.45) is 1.71. The third-order valence-electron chi connectivity index (χ3n) is 2.92. The van der Waals surface area contributed by atoms with Crippen LogP contribution in [0.2, 0.25) is 0 Å². The van der Waals surface area contributed by atoms with E-state index in [1.807, 2.05) is 0 Å². The molecule has 1 rings (SSSR count). The van der Waals surface area contributed by atoms with Crippen LogP contribution in [0.1, 0.15) is 32.8 Å². The predicted molar refractivity (Wildman–Crippen MR) is 73.3 cm³/mol. The van der Waals surface area contributed by atoms with Gasteiger partial charge in [0.2, 0.25) is 0 Å². The van der Waals surface area contributed by atoms with Crippen molar-refractivity contribution >= 4 is 18.3 Å². The molecule has 0 aliphatic carbocycles. The first kappa shape index (κ1) is 14.9. The van der Waals surface area contributed by atoms with Gasteiger partial charge in [0.1, 0.15) is 0 Å². The Morgan fingerprint density at radius 2 is 1.89 bits per heavy atom. The van der Waals surface area contributed by atoms with E-state index in [-0.39, 0.29) is 5.41 Å². The monoisotopic (exact) mass is 250 g/mol. The second kappa shape index (κ2) is 5.63. The molecule has 0 spiro atoms. The Morgan fingerprint density at radius 1 is 1.28 bits per heavy atom. The molecule has 0 amide bonds. The fraction of sp³-hybridized carbons (Fsp3) is 0.538. The van der Waals surface area contributed by atoms with Crippen LogP contribution in [0, 0.1) is 10.3 Å². The molecule has 0 aliphatic heterocycles. The molecule has 5 heteroatoms. The zero-order chi connectivity index (χ0) is 13.9. The van der Waals surface area contributed by atoms with Gasteiger partial charge in [-0.1, -0.05) is 26.8 Å². The van der Waals surface area contributed by atoms with Gasteiger partial charge >= 0.3 is 7.12 Å². The van der Waals surface area contributed by atoms with E-state index >= 15 is 0 Å². The maximum absolute atomic E-state index is 11.2. The summed E-state index contributed by atoms with van der Waals surface area (Å²) in [6, 6.07) is 5.04. The molecule has 0 aliphatic rings. The zero-order valence-corrected chi connectivity index (χ0v) is 11.5. The van der Waals surface area contributed by atoms with E-state index in [9.17, 15) is 15.0 Å². The Kier molecular flexibility index (Phi) is 4.65. The fourth-order valence-corrected chi connectivity index (χ4v) is 1.76. The van der Waals surface area contributed by atoms with E-state index in [1.54, 1.807) is 12.1 Å². The van der Waals surface area contributed by atoms with E-state index in [1.165, 1.54) is 13.1 Å². The van der Waals surface area contributed by atoms with Gasteiger partial charge in [-0.2, -0.15) is 0 Å². The molecule has 2 N–H and O–H groups in total. The number of nitrogens with zero attached hydrogens (tertiary/aromatic N) is 1. The van der Waals surface area contributed by atoms with Gasteiger partial charge < -0.3 is 10.0 Å². The molecular weight excluding hydrogens is 229 g/mol. The van der Waals surface area contributed by atoms with Crippen molar-refractivity contribution in [1.29, 1.82) is 0 Å².